The van der Waals surface area contributed by atoms with Gasteiger partial charge in [0.05, 0.1) is 0 Å². The normalized spacial score (nSPS) is 17.5. The van der Waals surface area contributed by atoms with E-state index in [2.05, 4.69) is 10.6 Å². The third kappa shape index (κ3) is 20.1. The van der Waals surface area contributed by atoms with Crippen molar-refractivity contribution in [1.82, 2.24) is 10.6 Å². The number of amides is 2. The number of carbonyl (C=O) groups excluding carboxylic acids is 3. The summed E-state index contributed by atoms with van der Waals surface area (Å²) in [5.74, 6) is -1.92. The fraction of sp³-hybridized carbons (Fsp3) is 0.844. The Balaban J connectivity index is 1.96. The minimum absolute atomic E-state index is 0.0952. The van der Waals surface area contributed by atoms with Crippen LogP contribution >= 0.6 is 0 Å². The van der Waals surface area contributed by atoms with Crippen LogP contribution in [0.2, 0.25) is 0 Å². The van der Waals surface area contributed by atoms with Crippen LogP contribution in [-0.2, 0) is 24.0 Å². The Bertz CT molecular complexity index is 778. The summed E-state index contributed by atoms with van der Waals surface area (Å²) in [4.78, 5) is 57.8. The number of carboxylic acids is 2. The van der Waals surface area contributed by atoms with Gasteiger partial charge in [-0.05, 0) is 57.8 Å². The minimum atomic E-state index is -1.11. The molecule has 236 valence electrons. The molecule has 1 rings (SSSR count). The van der Waals surface area contributed by atoms with Crippen LogP contribution in [0, 0.1) is 11.8 Å². The molecule has 0 saturated heterocycles. The molecule has 1 fully saturated rings. The number of aliphatic carboxylic acids is 2. The molecule has 2 amide bonds. The molecule has 1 saturated carbocycles. The average molecular weight is 581 g/mol. The van der Waals surface area contributed by atoms with E-state index in [4.69, 9.17) is 5.11 Å². The molecule has 9 nitrogen and oxygen atoms in total. The maximum absolute atomic E-state index is 12.5. The number of ketones is 1. The number of Topliss-reactive ketones (excluding diaryl/α,β-unsaturated/α-hetero) is 1. The van der Waals surface area contributed by atoms with Crippen LogP contribution in [0.25, 0.3) is 0 Å². The van der Waals surface area contributed by atoms with E-state index < -0.39 is 18.0 Å². The largest absolute Gasteiger partial charge is 0.481 e. The van der Waals surface area contributed by atoms with E-state index in [9.17, 15) is 29.1 Å². The molecule has 0 bridgehead atoms. The second-order valence-corrected chi connectivity index (χ2v) is 12.0. The van der Waals surface area contributed by atoms with Crippen LogP contribution in [-0.4, -0.2) is 52.3 Å². The summed E-state index contributed by atoms with van der Waals surface area (Å²) in [7, 11) is 0. The highest BCUT2D eigenvalue weighted by atomic mass is 16.4. The van der Waals surface area contributed by atoms with E-state index in [-0.39, 0.29) is 36.4 Å². The lowest BCUT2D eigenvalue weighted by molar-refractivity contribution is -0.143. The number of hydrogen-bond acceptors (Lipinski definition) is 5. The molecule has 1 atom stereocenters. The van der Waals surface area contributed by atoms with Crippen molar-refractivity contribution in [3.8, 4) is 0 Å². The Morgan fingerprint density at radius 1 is 0.659 bits per heavy atom. The van der Waals surface area contributed by atoms with Crippen LogP contribution in [0.3, 0.4) is 0 Å². The summed E-state index contributed by atoms with van der Waals surface area (Å²) in [6.45, 7) is 2.04. The fourth-order valence-corrected chi connectivity index (χ4v) is 5.55. The summed E-state index contributed by atoms with van der Waals surface area (Å²) in [6, 6.07) is -1.03. The molecular weight excluding hydrogens is 524 g/mol. The molecule has 0 heterocycles. The van der Waals surface area contributed by atoms with Crippen molar-refractivity contribution >= 4 is 29.5 Å². The van der Waals surface area contributed by atoms with Crippen LogP contribution in [0.1, 0.15) is 148 Å². The molecule has 4 N–H and O–H groups in total. The predicted octanol–water partition coefficient (Wildman–Crippen LogP) is 6.17. The molecule has 0 radical (unpaired) electrons. The number of unbranched alkanes of at least 4 members (excludes halogenated alkanes) is 13. The van der Waals surface area contributed by atoms with Gasteiger partial charge in [0.15, 0.2) is 0 Å². The molecule has 0 aliphatic heterocycles. The second-order valence-electron chi connectivity index (χ2n) is 12.0. The van der Waals surface area contributed by atoms with Crippen LogP contribution < -0.4 is 10.6 Å². The number of carboxylic acid groups (broad SMARTS) is 2. The Kier molecular flexibility index (Phi) is 20.7. The monoisotopic (exact) mass is 580 g/mol. The average Bonchev–Trinajstić information content (AvgIpc) is 2.93. The molecule has 0 aromatic carbocycles. The van der Waals surface area contributed by atoms with Crippen LogP contribution in [0.5, 0.6) is 0 Å². The third-order valence-corrected chi connectivity index (χ3v) is 8.25. The number of hydrogen-bond donors (Lipinski definition) is 4. The van der Waals surface area contributed by atoms with Gasteiger partial charge in [-0.15, -0.1) is 0 Å². The molecular formula is C32H56N2O7. The van der Waals surface area contributed by atoms with Crippen molar-refractivity contribution < 1.29 is 34.2 Å². The number of carbonyl (C=O) groups is 5. The van der Waals surface area contributed by atoms with Gasteiger partial charge in [-0.1, -0.05) is 77.0 Å². The molecule has 1 aliphatic carbocycles. The molecule has 9 heteroatoms. The van der Waals surface area contributed by atoms with Crippen molar-refractivity contribution in [3.05, 3.63) is 0 Å². The molecule has 41 heavy (non-hydrogen) atoms. The Labute approximate surface area is 247 Å². The lowest BCUT2D eigenvalue weighted by Gasteiger charge is -2.28. The highest BCUT2D eigenvalue weighted by Gasteiger charge is 2.29. The van der Waals surface area contributed by atoms with Gasteiger partial charge in [0.1, 0.15) is 11.8 Å². The lowest BCUT2D eigenvalue weighted by Crippen LogP contribution is -2.44. The van der Waals surface area contributed by atoms with E-state index in [1.165, 1.54) is 64.7 Å². The summed E-state index contributed by atoms with van der Waals surface area (Å²) < 4.78 is 0. The van der Waals surface area contributed by atoms with E-state index in [0.717, 1.165) is 44.9 Å². The van der Waals surface area contributed by atoms with Crippen molar-refractivity contribution in [2.75, 3.05) is 6.54 Å². The zero-order chi connectivity index (χ0) is 30.3. The first-order valence-electron chi connectivity index (χ1n) is 16.2. The standard InChI is InChI=1S/C32H56N2O7/c1-25(35)18-23-28(32(40)41)34-31(39)27-21-19-26(20-22-27)24-33-29(36)16-14-12-10-8-6-4-2-3-5-7-9-11-13-15-17-30(37)38/h26-28H,2-24H2,1H3,(H,33,36)(H,34,39)(H,37,38)(H,40,41). The quantitative estimate of drug-likeness (QED) is 0.0943. The van der Waals surface area contributed by atoms with Crippen LogP contribution in [0.4, 0.5) is 0 Å². The SMILES string of the molecule is CC(=O)CCC(NC(=O)C1CCC(CNC(=O)CCCCCCCCCCCCCCCCC(=O)O)CC1)C(=O)O. The topological polar surface area (TPSA) is 150 Å². The van der Waals surface area contributed by atoms with Gasteiger partial charge in [-0.2, -0.15) is 0 Å². The first-order valence-corrected chi connectivity index (χ1v) is 16.2. The van der Waals surface area contributed by atoms with Gasteiger partial charge in [0, 0.05) is 31.7 Å². The molecule has 1 aliphatic rings. The van der Waals surface area contributed by atoms with Crippen molar-refractivity contribution in [1.29, 1.82) is 0 Å². The maximum atomic E-state index is 12.5. The lowest BCUT2D eigenvalue weighted by atomic mass is 9.81. The molecule has 0 aromatic heterocycles. The van der Waals surface area contributed by atoms with Gasteiger partial charge < -0.3 is 25.6 Å². The van der Waals surface area contributed by atoms with Crippen molar-refractivity contribution in [2.45, 2.75) is 154 Å². The Hall–Kier alpha value is -2.45. The predicted molar refractivity (Wildman–Crippen MR) is 159 cm³/mol. The van der Waals surface area contributed by atoms with E-state index in [1.54, 1.807) is 0 Å². The fourth-order valence-electron chi connectivity index (χ4n) is 5.55. The first-order chi connectivity index (χ1) is 19.7. The Morgan fingerprint density at radius 2 is 1.12 bits per heavy atom. The summed E-state index contributed by atoms with van der Waals surface area (Å²) >= 11 is 0. The Morgan fingerprint density at radius 3 is 1.56 bits per heavy atom. The highest BCUT2D eigenvalue weighted by Crippen LogP contribution is 2.28. The summed E-state index contributed by atoms with van der Waals surface area (Å²) in [5.41, 5.74) is 0. The number of rotatable bonds is 25. The zero-order valence-corrected chi connectivity index (χ0v) is 25.4. The van der Waals surface area contributed by atoms with E-state index in [0.29, 0.717) is 38.1 Å². The summed E-state index contributed by atoms with van der Waals surface area (Å²) in [6.07, 6.45) is 20.4. The van der Waals surface area contributed by atoms with Gasteiger partial charge in [-0.3, -0.25) is 14.4 Å². The van der Waals surface area contributed by atoms with Gasteiger partial charge in [0.25, 0.3) is 0 Å². The molecule has 1 unspecified atom stereocenters. The highest BCUT2D eigenvalue weighted by molar-refractivity contribution is 5.85. The summed E-state index contributed by atoms with van der Waals surface area (Å²) in [5, 5.41) is 23.6. The molecule has 0 spiro atoms. The first kappa shape index (κ1) is 36.6. The van der Waals surface area contributed by atoms with Gasteiger partial charge >= 0.3 is 11.9 Å². The number of nitrogens with one attached hydrogen (secondary N) is 2. The second kappa shape index (κ2) is 23.1. The third-order valence-electron chi connectivity index (χ3n) is 8.25. The minimum Gasteiger partial charge on any atom is -0.481 e. The van der Waals surface area contributed by atoms with Gasteiger partial charge in [0.2, 0.25) is 11.8 Å². The van der Waals surface area contributed by atoms with Crippen molar-refractivity contribution in [2.24, 2.45) is 11.8 Å². The van der Waals surface area contributed by atoms with Crippen molar-refractivity contribution in [3.63, 3.8) is 0 Å². The van der Waals surface area contributed by atoms with E-state index >= 15 is 0 Å². The van der Waals surface area contributed by atoms with Gasteiger partial charge in [-0.25, -0.2) is 4.79 Å². The smallest absolute Gasteiger partial charge is 0.326 e. The van der Waals surface area contributed by atoms with Crippen LogP contribution in [0.15, 0.2) is 0 Å². The molecule has 0 aromatic rings. The zero-order valence-electron chi connectivity index (χ0n) is 25.4. The van der Waals surface area contributed by atoms with E-state index in [1.807, 2.05) is 0 Å². The maximum Gasteiger partial charge on any atom is 0.326 e.